The number of nitrogens with zero attached hydrogens (tertiary/aromatic N) is 2. The number of amidine groups is 1. The topological polar surface area (TPSA) is 60.4 Å². The van der Waals surface area contributed by atoms with Crippen LogP contribution in [0.2, 0.25) is 10.0 Å². The molecule has 0 aliphatic carbocycles. The first-order valence-electron chi connectivity index (χ1n) is 14.5. The quantitative estimate of drug-likeness (QED) is 0.133. The lowest BCUT2D eigenvalue weighted by molar-refractivity contribution is -0.113. The first kappa shape index (κ1) is 32.7. The number of carbonyl (C=O) groups is 1. The van der Waals surface area contributed by atoms with Crippen LogP contribution in [0.15, 0.2) is 130 Å². The Morgan fingerprint density at radius 3 is 2.15 bits per heavy atom. The minimum atomic E-state index is -0.216. The highest BCUT2D eigenvalue weighted by Crippen LogP contribution is 2.39. The number of benzene rings is 5. The average Bonchev–Trinajstić information content (AvgIpc) is 3.38. The van der Waals surface area contributed by atoms with Crippen LogP contribution < -0.4 is 19.1 Å². The van der Waals surface area contributed by atoms with E-state index in [1.807, 2.05) is 72.8 Å². The highest BCUT2D eigenvalue weighted by atomic mass is 79.9. The van der Waals surface area contributed by atoms with E-state index < -0.39 is 0 Å². The third-order valence-electron chi connectivity index (χ3n) is 7.06. The maximum Gasteiger partial charge on any atom is 0.271 e. The van der Waals surface area contributed by atoms with Gasteiger partial charge >= 0.3 is 0 Å². The number of thioether (sulfide) groups is 1. The number of rotatable bonds is 10. The van der Waals surface area contributed by atoms with Gasteiger partial charge < -0.3 is 14.2 Å². The van der Waals surface area contributed by atoms with Crippen LogP contribution in [0.1, 0.15) is 16.7 Å². The van der Waals surface area contributed by atoms with Crippen LogP contribution in [-0.2, 0) is 18.0 Å². The van der Waals surface area contributed by atoms with Crippen LogP contribution in [0.3, 0.4) is 0 Å². The number of ether oxygens (including phenoxy) is 3. The number of hydrogen-bond acceptors (Lipinski definition) is 6. The van der Waals surface area contributed by atoms with Crippen LogP contribution >= 0.6 is 50.9 Å². The van der Waals surface area contributed by atoms with Crippen molar-refractivity contribution in [2.75, 3.05) is 12.0 Å². The number of halogens is 3. The summed E-state index contributed by atoms with van der Waals surface area (Å²) in [5.41, 5.74) is 4.02. The van der Waals surface area contributed by atoms with Gasteiger partial charge in [-0.05, 0) is 108 Å². The summed E-state index contributed by atoms with van der Waals surface area (Å²) in [4.78, 5) is 20.7. The summed E-state index contributed by atoms with van der Waals surface area (Å²) in [6, 6.07) is 35.6. The summed E-state index contributed by atoms with van der Waals surface area (Å²) in [5.74, 6) is 1.65. The Morgan fingerprint density at radius 2 is 1.43 bits per heavy atom. The SMILES string of the molecule is COc1cc(COc2ccc(Br)cc2/C=C2/SC(=Nc3ccc(Cl)cc3)N(c3ccc(Cl)cc3)C2=O)ccc1OCc1ccccc1. The van der Waals surface area contributed by atoms with Gasteiger partial charge in [0, 0.05) is 20.1 Å². The van der Waals surface area contributed by atoms with Crippen molar-refractivity contribution in [3.8, 4) is 17.2 Å². The molecule has 1 aliphatic rings. The summed E-state index contributed by atoms with van der Waals surface area (Å²) < 4.78 is 18.8. The van der Waals surface area contributed by atoms with Gasteiger partial charge in [0.25, 0.3) is 5.91 Å². The third kappa shape index (κ3) is 8.21. The molecule has 236 valence electrons. The van der Waals surface area contributed by atoms with E-state index in [9.17, 15) is 4.79 Å². The molecule has 0 atom stereocenters. The Labute approximate surface area is 295 Å². The summed E-state index contributed by atoms with van der Waals surface area (Å²) in [6.45, 7) is 0.705. The Bertz CT molecular complexity index is 1950. The minimum Gasteiger partial charge on any atom is -0.493 e. The Balaban J connectivity index is 1.25. The molecular formula is C37H27BrCl2N2O4S. The van der Waals surface area contributed by atoms with E-state index in [2.05, 4.69) is 15.9 Å². The molecule has 1 fully saturated rings. The van der Waals surface area contributed by atoms with Crippen LogP contribution in [0.4, 0.5) is 11.4 Å². The smallest absolute Gasteiger partial charge is 0.271 e. The zero-order valence-electron chi connectivity index (χ0n) is 25.0. The van der Waals surface area contributed by atoms with E-state index in [0.29, 0.717) is 55.3 Å². The van der Waals surface area contributed by atoms with E-state index in [1.165, 1.54) is 11.8 Å². The monoisotopic (exact) mass is 744 g/mol. The third-order valence-corrected chi connectivity index (χ3v) is 9.03. The number of aliphatic imine (C=N–C) groups is 1. The molecule has 1 amide bonds. The molecular weight excluding hydrogens is 719 g/mol. The molecule has 0 unspecified atom stereocenters. The normalized spacial score (nSPS) is 14.6. The van der Waals surface area contributed by atoms with E-state index in [0.717, 1.165) is 21.2 Å². The molecule has 0 saturated carbocycles. The van der Waals surface area contributed by atoms with Crippen molar-refractivity contribution in [1.82, 2.24) is 0 Å². The molecule has 0 spiro atoms. The summed E-state index contributed by atoms with van der Waals surface area (Å²) >= 11 is 17.1. The van der Waals surface area contributed by atoms with Gasteiger partial charge in [0.1, 0.15) is 19.0 Å². The van der Waals surface area contributed by atoms with E-state index in [1.54, 1.807) is 60.5 Å². The van der Waals surface area contributed by atoms with E-state index in [4.69, 9.17) is 42.4 Å². The van der Waals surface area contributed by atoms with Crippen molar-refractivity contribution < 1.29 is 19.0 Å². The Kier molecular flexibility index (Phi) is 10.5. The average molecular weight is 747 g/mol. The molecule has 1 aliphatic heterocycles. The first-order valence-corrected chi connectivity index (χ1v) is 16.8. The maximum absolute atomic E-state index is 13.9. The molecule has 1 saturated heterocycles. The summed E-state index contributed by atoms with van der Waals surface area (Å²) in [6.07, 6.45) is 1.82. The second kappa shape index (κ2) is 15.1. The molecule has 0 bridgehead atoms. The highest BCUT2D eigenvalue weighted by molar-refractivity contribution is 9.10. The number of amides is 1. The summed E-state index contributed by atoms with van der Waals surface area (Å²) in [7, 11) is 1.61. The molecule has 0 aromatic heterocycles. The van der Waals surface area contributed by atoms with Gasteiger partial charge in [0.2, 0.25) is 0 Å². The van der Waals surface area contributed by atoms with Crippen molar-refractivity contribution in [2.24, 2.45) is 4.99 Å². The van der Waals surface area contributed by atoms with Gasteiger partial charge in [-0.3, -0.25) is 9.69 Å². The van der Waals surface area contributed by atoms with Crippen molar-refractivity contribution in [3.63, 3.8) is 0 Å². The van der Waals surface area contributed by atoms with Gasteiger partial charge in [0.05, 0.1) is 23.4 Å². The fourth-order valence-electron chi connectivity index (χ4n) is 4.71. The number of carbonyl (C=O) groups excluding carboxylic acids is 1. The number of anilines is 1. The largest absolute Gasteiger partial charge is 0.493 e. The fourth-order valence-corrected chi connectivity index (χ4v) is 6.34. The van der Waals surface area contributed by atoms with Gasteiger partial charge in [0.15, 0.2) is 16.7 Å². The van der Waals surface area contributed by atoms with E-state index in [-0.39, 0.29) is 12.5 Å². The van der Waals surface area contributed by atoms with E-state index >= 15 is 0 Å². The molecule has 0 radical (unpaired) electrons. The lowest BCUT2D eigenvalue weighted by Crippen LogP contribution is -2.28. The highest BCUT2D eigenvalue weighted by Gasteiger charge is 2.35. The molecule has 6 rings (SSSR count). The number of hydrogen-bond donors (Lipinski definition) is 0. The maximum atomic E-state index is 13.9. The summed E-state index contributed by atoms with van der Waals surface area (Å²) in [5, 5.41) is 1.68. The molecule has 47 heavy (non-hydrogen) atoms. The van der Waals surface area contributed by atoms with Gasteiger partial charge in [-0.2, -0.15) is 0 Å². The Morgan fingerprint density at radius 1 is 0.766 bits per heavy atom. The molecule has 0 N–H and O–H groups in total. The first-order chi connectivity index (χ1) is 22.9. The zero-order valence-corrected chi connectivity index (χ0v) is 28.9. The standard InChI is InChI=1S/C37H27BrCl2N2O4S/c1-44-34-19-25(7-17-33(34)46-22-24-5-3-2-4-6-24)23-45-32-18-8-27(38)20-26(32)21-35-36(43)42(31-15-11-29(40)12-16-31)37(47-35)41-30-13-9-28(39)10-14-30/h2-21H,22-23H2,1H3/b35-21+,41-37?. The van der Waals surface area contributed by atoms with Crippen LogP contribution in [0.5, 0.6) is 17.2 Å². The van der Waals surface area contributed by atoms with Gasteiger partial charge in [-0.15, -0.1) is 0 Å². The lowest BCUT2D eigenvalue weighted by Gasteiger charge is -2.16. The molecule has 10 heteroatoms. The van der Waals surface area contributed by atoms with Crippen LogP contribution in [0, 0.1) is 0 Å². The van der Waals surface area contributed by atoms with Crippen LogP contribution in [0.25, 0.3) is 6.08 Å². The molecule has 1 heterocycles. The van der Waals surface area contributed by atoms with Crippen LogP contribution in [-0.4, -0.2) is 18.2 Å². The Hall–Kier alpha value is -4.21. The van der Waals surface area contributed by atoms with Gasteiger partial charge in [-0.25, -0.2) is 4.99 Å². The van der Waals surface area contributed by atoms with Crippen molar-refractivity contribution in [1.29, 1.82) is 0 Å². The second-order valence-corrected chi connectivity index (χ2v) is 13.1. The minimum absolute atomic E-state index is 0.216. The second-order valence-electron chi connectivity index (χ2n) is 10.3. The fraction of sp³-hybridized carbons (Fsp3) is 0.0811. The predicted octanol–water partition coefficient (Wildman–Crippen LogP) is 10.7. The molecule has 6 nitrogen and oxygen atoms in total. The van der Waals surface area contributed by atoms with Gasteiger partial charge in [-0.1, -0.05) is 75.5 Å². The number of methoxy groups -OCH3 is 1. The molecule has 5 aromatic rings. The lowest BCUT2D eigenvalue weighted by atomic mass is 10.1. The van der Waals surface area contributed by atoms with Crippen molar-refractivity contribution in [3.05, 3.63) is 151 Å². The van der Waals surface area contributed by atoms with Crippen molar-refractivity contribution in [2.45, 2.75) is 13.2 Å². The van der Waals surface area contributed by atoms with Crippen molar-refractivity contribution >= 4 is 79.4 Å². The zero-order chi connectivity index (χ0) is 32.8. The predicted molar refractivity (Wildman–Crippen MR) is 195 cm³/mol. The molecule has 5 aromatic carbocycles.